The first-order valence-corrected chi connectivity index (χ1v) is 12.0. The average molecular weight is 417 g/mol. The van der Waals surface area contributed by atoms with Gasteiger partial charge in [-0.15, -0.1) is 11.3 Å². The third-order valence-corrected chi connectivity index (χ3v) is 7.94. The van der Waals surface area contributed by atoms with Gasteiger partial charge in [-0.3, -0.25) is 0 Å². The number of rotatable bonds is 7. The summed E-state index contributed by atoms with van der Waals surface area (Å²) in [4.78, 5) is 19.5. The summed E-state index contributed by atoms with van der Waals surface area (Å²) >= 11 is 1.84. The molecule has 0 amide bonds. The number of nitrogens with zero attached hydrogens (tertiary/aromatic N) is 5. The van der Waals surface area contributed by atoms with Gasteiger partial charge in [0.1, 0.15) is 16.5 Å². The largest absolute Gasteiger partial charge is 0.383 e. The second kappa shape index (κ2) is 9.25. The molecule has 2 aliphatic rings. The van der Waals surface area contributed by atoms with Gasteiger partial charge in [0.2, 0.25) is 0 Å². The lowest BCUT2D eigenvalue weighted by Gasteiger charge is -2.35. The van der Waals surface area contributed by atoms with Crippen molar-refractivity contribution in [1.29, 1.82) is 0 Å². The maximum absolute atomic E-state index is 6.35. The summed E-state index contributed by atoms with van der Waals surface area (Å²) in [6, 6.07) is 0.731. The minimum Gasteiger partial charge on any atom is -0.383 e. The Kier molecular flexibility index (Phi) is 6.69. The Morgan fingerprint density at radius 1 is 1.07 bits per heavy atom. The normalized spacial score (nSPS) is 18.8. The van der Waals surface area contributed by atoms with Crippen molar-refractivity contribution in [3.8, 4) is 0 Å². The fourth-order valence-corrected chi connectivity index (χ4v) is 5.98. The molecule has 1 aliphatic heterocycles. The topological polar surface area (TPSA) is 61.5 Å². The van der Waals surface area contributed by atoms with E-state index in [1.807, 2.05) is 11.3 Å². The molecule has 0 bridgehead atoms. The Morgan fingerprint density at radius 2 is 1.83 bits per heavy atom. The lowest BCUT2D eigenvalue weighted by atomic mass is 9.97. The van der Waals surface area contributed by atoms with E-state index in [0.29, 0.717) is 5.82 Å². The van der Waals surface area contributed by atoms with Gasteiger partial charge < -0.3 is 20.4 Å². The number of likely N-dealkylation sites (N-methyl/N-ethyl adjacent to an activating group) is 2. The lowest BCUT2D eigenvalue weighted by molar-refractivity contribution is 0.133. The Hall–Kier alpha value is -1.28. The van der Waals surface area contributed by atoms with Crippen LogP contribution in [0.15, 0.2) is 0 Å². The summed E-state index contributed by atoms with van der Waals surface area (Å²) < 4.78 is 0. The van der Waals surface area contributed by atoms with Crippen molar-refractivity contribution in [1.82, 2.24) is 24.7 Å². The van der Waals surface area contributed by atoms with Gasteiger partial charge >= 0.3 is 0 Å². The van der Waals surface area contributed by atoms with Crippen molar-refractivity contribution in [3.05, 3.63) is 16.3 Å². The number of hydrogen-bond acceptors (Lipinski definition) is 7. The van der Waals surface area contributed by atoms with E-state index in [2.05, 4.69) is 40.8 Å². The van der Waals surface area contributed by atoms with Crippen molar-refractivity contribution in [3.63, 3.8) is 0 Å². The second-order valence-corrected chi connectivity index (χ2v) is 10.1. The summed E-state index contributed by atoms with van der Waals surface area (Å²) in [6.07, 6.45) is 8.29. The molecular formula is C22H36N6S. The predicted octanol–water partition coefficient (Wildman–Crippen LogP) is 2.65. The van der Waals surface area contributed by atoms with Crippen LogP contribution in [-0.2, 0) is 19.3 Å². The smallest absolute Gasteiger partial charge is 0.136 e. The lowest BCUT2D eigenvalue weighted by Crippen LogP contribution is -2.44. The minimum atomic E-state index is 0.689. The van der Waals surface area contributed by atoms with Gasteiger partial charge in [-0.2, -0.15) is 0 Å². The van der Waals surface area contributed by atoms with Crippen LogP contribution < -0.4 is 5.73 Å². The summed E-state index contributed by atoms with van der Waals surface area (Å²) in [5.41, 5.74) is 7.78. The van der Waals surface area contributed by atoms with Gasteiger partial charge in [-0.1, -0.05) is 0 Å². The molecule has 0 aromatic carbocycles. The quantitative estimate of drug-likeness (QED) is 0.749. The molecule has 0 radical (unpaired) electrons. The zero-order valence-corrected chi connectivity index (χ0v) is 19.1. The minimum absolute atomic E-state index is 0.689. The molecule has 0 spiro atoms. The molecule has 3 heterocycles. The molecule has 1 aliphatic carbocycles. The number of nitrogen functional groups attached to an aromatic ring is 1. The SMILES string of the molecule is CN1CCC(N(C)CCN(C)CCc2nc(N)c3c4c(sc3n2)CCCC4)CC1. The van der Waals surface area contributed by atoms with Crippen LogP contribution in [0.25, 0.3) is 10.2 Å². The van der Waals surface area contributed by atoms with E-state index in [9.17, 15) is 0 Å². The van der Waals surface area contributed by atoms with Crippen LogP contribution in [0.5, 0.6) is 0 Å². The highest BCUT2D eigenvalue weighted by Gasteiger charge is 2.21. The maximum Gasteiger partial charge on any atom is 0.136 e. The molecule has 1 fully saturated rings. The van der Waals surface area contributed by atoms with Crippen LogP contribution in [0.2, 0.25) is 0 Å². The molecule has 0 atom stereocenters. The van der Waals surface area contributed by atoms with E-state index in [4.69, 9.17) is 10.7 Å². The van der Waals surface area contributed by atoms with E-state index in [1.165, 1.54) is 55.6 Å². The number of thiophene rings is 1. The number of piperidine rings is 1. The number of anilines is 1. The number of fused-ring (bicyclic) bond motifs is 3. The predicted molar refractivity (Wildman–Crippen MR) is 123 cm³/mol. The summed E-state index contributed by atoms with van der Waals surface area (Å²) in [7, 11) is 6.70. The Labute approximate surface area is 179 Å². The molecule has 2 N–H and O–H groups in total. The van der Waals surface area contributed by atoms with E-state index in [-0.39, 0.29) is 0 Å². The first kappa shape index (κ1) is 21.0. The van der Waals surface area contributed by atoms with Crippen LogP contribution >= 0.6 is 11.3 Å². The molecule has 2 aromatic heterocycles. The zero-order valence-electron chi connectivity index (χ0n) is 18.3. The van der Waals surface area contributed by atoms with Gasteiger partial charge in [0, 0.05) is 37.0 Å². The van der Waals surface area contributed by atoms with Gasteiger partial charge in [-0.05, 0) is 78.3 Å². The fourth-order valence-electron chi connectivity index (χ4n) is 4.69. The highest BCUT2D eigenvalue weighted by atomic mass is 32.1. The first-order valence-electron chi connectivity index (χ1n) is 11.1. The number of nitrogens with two attached hydrogens (primary N) is 1. The fraction of sp³-hybridized carbons (Fsp3) is 0.727. The van der Waals surface area contributed by atoms with Crippen molar-refractivity contribution in [2.45, 2.75) is 51.0 Å². The zero-order chi connectivity index (χ0) is 20.4. The van der Waals surface area contributed by atoms with Gasteiger partial charge in [0.15, 0.2) is 0 Å². The second-order valence-electron chi connectivity index (χ2n) is 8.98. The third kappa shape index (κ3) is 4.90. The average Bonchev–Trinajstić information content (AvgIpc) is 3.10. The van der Waals surface area contributed by atoms with E-state index >= 15 is 0 Å². The Balaban J connectivity index is 1.30. The molecule has 6 nitrogen and oxygen atoms in total. The summed E-state index contributed by atoms with van der Waals surface area (Å²) in [5.74, 6) is 1.58. The molecule has 4 rings (SSSR count). The van der Waals surface area contributed by atoms with E-state index < -0.39 is 0 Å². The van der Waals surface area contributed by atoms with Gasteiger partial charge in [-0.25, -0.2) is 9.97 Å². The van der Waals surface area contributed by atoms with Crippen molar-refractivity contribution in [2.75, 3.05) is 59.6 Å². The summed E-state index contributed by atoms with van der Waals surface area (Å²) in [5, 5.41) is 1.14. The molecule has 7 heteroatoms. The van der Waals surface area contributed by atoms with Crippen LogP contribution in [-0.4, -0.2) is 84.6 Å². The number of aryl methyl sites for hydroxylation is 2. The highest BCUT2D eigenvalue weighted by Crippen LogP contribution is 2.37. The standard InChI is InChI=1S/C22H36N6S/c1-26-11-8-16(9-12-26)28(3)15-14-27(2)13-10-19-24-21(23)20-17-6-4-5-7-18(17)29-22(20)25-19/h16H,4-15H2,1-3H3,(H2,23,24,25). The third-order valence-electron chi connectivity index (χ3n) is 6.75. The molecule has 0 saturated carbocycles. The van der Waals surface area contributed by atoms with Crippen LogP contribution in [0, 0.1) is 0 Å². The van der Waals surface area contributed by atoms with Gasteiger partial charge in [0.05, 0.1) is 5.39 Å². The first-order chi connectivity index (χ1) is 14.0. The van der Waals surface area contributed by atoms with Crippen LogP contribution in [0.4, 0.5) is 5.82 Å². The Bertz CT molecular complexity index is 826. The van der Waals surface area contributed by atoms with E-state index in [0.717, 1.165) is 54.6 Å². The molecule has 2 aromatic rings. The van der Waals surface area contributed by atoms with E-state index in [1.54, 1.807) is 0 Å². The molecule has 0 unspecified atom stereocenters. The number of aromatic nitrogens is 2. The van der Waals surface area contributed by atoms with Crippen LogP contribution in [0.1, 0.15) is 41.9 Å². The summed E-state index contributed by atoms with van der Waals surface area (Å²) in [6.45, 7) is 5.60. The number of likely N-dealkylation sites (tertiary alicyclic amines) is 1. The molecule has 1 saturated heterocycles. The Morgan fingerprint density at radius 3 is 2.62 bits per heavy atom. The van der Waals surface area contributed by atoms with Crippen molar-refractivity contribution >= 4 is 27.4 Å². The van der Waals surface area contributed by atoms with Crippen LogP contribution in [0.3, 0.4) is 0 Å². The molecule has 160 valence electrons. The number of hydrogen-bond donors (Lipinski definition) is 1. The monoisotopic (exact) mass is 416 g/mol. The van der Waals surface area contributed by atoms with Gasteiger partial charge in [0.25, 0.3) is 0 Å². The molecular weight excluding hydrogens is 380 g/mol. The maximum atomic E-state index is 6.35. The molecule has 29 heavy (non-hydrogen) atoms. The van der Waals surface area contributed by atoms with Crippen molar-refractivity contribution < 1.29 is 0 Å². The van der Waals surface area contributed by atoms with Crippen molar-refractivity contribution in [2.24, 2.45) is 0 Å². The highest BCUT2D eigenvalue weighted by molar-refractivity contribution is 7.19.